The van der Waals surface area contributed by atoms with Crippen molar-refractivity contribution in [2.75, 3.05) is 19.7 Å². The second-order valence-corrected chi connectivity index (χ2v) is 6.03. The van der Waals surface area contributed by atoms with Crippen LogP contribution >= 0.6 is 0 Å². The summed E-state index contributed by atoms with van der Waals surface area (Å²) in [5.41, 5.74) is 7.22. The Morgan fingerprint density at radius 2 is 2.09 bits per heavy atom. The van der Waals surface area contributed by atoms with Crippen LogP contribution in [0, 0.1) is 11.7 Å². The molecule has 4 nitrogen and oxygen atoms in total. The van der Waals surface area contributed by atoms with E-state index in [1.54, 1.807) is 0 Å². The number of nitrogens with zero attached hydrogens (tertiary/aromatic N) is 1. The maximum atomic E-state index is 13.0. The summed E-state index contributed by atoms with van der Waals surface area (Å²) in [4.78, 5) is 13.8. The van der Waals surface area contributed by atoms with Gasteiger partial charge in [-0.1, -0.05) is 12.1 Å². The predicted octanol–water partition coefficient (Wildman–Crippen LogP) is 2.32. The van der Waals surface area contributed by atoms with Gasteiger partial charge in [0, 0.05) is 32.1 Å². The molecule has 0 bridgehead atoms. The molecule has 0 saturated carbocycles. The largest absolute Gasteiger partial charge is 0.466 e. The molecule has 5 heteroatoms. The molecule has 1 fully saturated rings. The molecule has 22 heavy (non-hydrogen) atoms. The van der Waals surface area contributed by atoms with Crippen molar-refractivity contribution in [2.45, 2.75) is 38.8 Å². The monoisotopic (exact) mass is 308 g/mol. The van der Waals surface area contributed by atoms with Crippen LogP contribution in [0.2, 0.25) is 0 Å². The number of hydrogen-bond acceptors (Lipinski definition) is 4. The highest BCUT2D eigenvalue weighted by Crippen LogP contribution is 2.22. The third kappa shape index (κ3) is 5.39. The Bertz CT molecular complexity index is 478. The minimum absolute atomic E-state index is 0.126. The molecular formula is C17H25FN2O2. The SMILES string of the molecule is CCOC(=O)CCC1CC(N)CN(Cc2ccc(F)cc2)C1. The Labute approximate surface area is 131 Å². The van der Waals surface area contributed by atoms with Gasteiger partial charge in [0.15, 0.2) is 0 Å². The number of ether oxygens (including phenoxy) is 1. The lowest BCUT2D eigenvalue weighted by Crippen LogP contribution is -2.46. The number of carbonyl (C=O) groups is 1. The van der Waals surface area contributed by atoms with E-state index >= 15 is 0 Å². The van der Waals surface area contributed by atoms with Gasteiger partial charge in [0.05, 0.1) is 6.61 Å². The Kier molecular flexibility index (Phi) is 6.34. The number of carbonyl (C=O) groups excluding carboxylic acids is 1. The fraction of sp³-hybridized carbons (Fsp3) is 0.588. The van der Waals surface area contributed by atoms with Crippen molar-refractivity contribution in [3.63, 3.8) is 0 Å². The zero-order valence-electron chi connectivity index (χ0n) is 13.1. The summed E-state index contributed by atoms with van der Waals surface area (Å²) in [5.74, 6) is 0.0618. The van der Waals surface area contributed by atoms with Crippen LogP contribution in [0.3, 0.4) is 0 Å². The molecule has 1 saturated heterocycles. The van der Waals surface area contributed by atoms with Gasteiger partial charge < -0.3 is 10.5 Å². The minimum Gasteiger partial charge on any atom is -0.466 e. The van der Waals surface area contributed by atoms with Crippen molar-refractivity contribution in [3.8, 4) is 0 Å². The fourth-order valence-electron chi connectivity index (χ4n) is 3.09. The Morgan fingerprint density at radius 1 is 1.36 bits per heavy atom. The smallest absolute Gasteiger partial charge is 0.305 e. The average molecular weight is 308 g/mol. The van der Waals surface area contributed by atoms with E-state index in [2.05, 4.69) is 4.90 Å². The van der Waals surface area contributed by atoms with Gasteiger partial charge >= 0.3 is 5.97 Å². The molecule has 2 unspecified atom stereocenters. The van der Waals surface area contributed by atoms with Gasteiger partial charge in [-0.15, -0.1) is 0 Å². The fourth-order valence-corrected chi connectivity index (χ4v) is 3.09. The maximum Gasteiger partial charge on any atom is 0.305 e. The summed E-state index contributed by atoms with van der Waals surface area (Å²) >= 11 is 0. The van der Waals surface area contributed by atoms with Crippen LogP contribution in [0.15, 0.2) is 24.3 Å². The first kappa shape index (κ1) is 16.9. The van der Waals surface area contributed by atoms with E-state index in [9.17, 15) is 9.18 Å². The standard InChI is InChI=1S/C17H25FN2O2/c1-2-22-17(21)8-5-14-9-16(19)12-20(11-14)10-13-3-6-15(18)7-4-13/h3-4,6-7,14,16H,2,5,8-12,19H2,1H3. The molecular weight excluding hydrogens is 283 g/mol. The lowest BCUT2D eigenvalue weighted by molar-refractivity contribution is -0.143. The van der Waals surface area contributed by atoms with Crippen LogP contribution < -0.4 is 5.73 Å². The molecule has 0 radical (unpaired) electrons. The minimum atomic E-state index is -0.216. The number of likely N-dealkylation sites (tertiary alicyclic amines) is 1. The second-order valence-electron chi connectivity index (χ2n) is 6.03. The first-order valence-electron chi connectivity index (χ1n) is 7.94. The predicted molar refractivity (Wildman–Crippen MR) is 83.6 cm³/mol. The van der Waals surface area contributed by atoms with E-state index < -0.39 is 0 Å². The Hall–Kier alpha value is -1.46. The van der Waals surface area contributed by atoms with E-state index in [0.717, 1.165) is 38.0 Å². The molecule has 1 heterocycles. The van der Waals surface area contributed by atoms with E-state index in [-0.39, 0.29) is 17.8 Å². The summed E-state index contributed by atoms with van der Waals surface area (Å²) in [7, 11) is 0. The third-order valence-corrected chi connectivity index (χ3v) is 4.03. The van der Waals surface area contributed by atoms with Crippen LogP contribution in [-0.2, 0) is 16.1 Å². The highest BCUT2D eigenvalue weighted by Gasteiger charge is 2.25. The maximum absolute atomic E-state index is 13.0. The van der Waals surface area contributed by atoms with Gasteiger partial charge in [-0.2, -0.15) is 0 Å². The van der Waals surface area contributed by atoms with Crippen molar-refractivity contribution in [2.24, 2.45) is 11.7 Å². The normalized spacial score (nSPS) is 22.5. The molecule has 1 aromatic carbocycles. The zero-order chi connectivity index (χ0) is 15.9. The van der Waals surface area contributed by atoms with Gasteiger partial charge in [0.1, 0.15) is 5.82 Å². The Morgan fingerprint density at radius 3 is 2.77 bits per heavy atom. The molecule has 0 aliphatic carbocycles. The molecule has 2 rings (SSSR count). The molecule has 0 spiro atoms. The molecule has 1 aliphatic rings. The first-order chi connectivity index (χ1) is 10.6. The van der Waals surface area contributed by atoms with Gasteiger partial charge in [0.25, 0.3) is 0 Å². The molecule has 1 aliphatic heterocycles. The van der Waals surface area contributed by atoms with Crippen LogP contribution in [0.4, 0.5) is 4.39 Å². The average Bonchev–Trinajstić information content (AvgIpc) is 2.47. The van der Waals surface area contributed by atoms with Gasteiger partial charge in [-0.3, -0.25) is 9.69 Å². The number of nitrogens with two attached hydrogens (primary N) is 1. The van der Waals surface area contributed by atoms with Crippen molar-refractivity contribution in [3.05, 3.63) is 35.6 Å². The van der Waals surface area contributed by atoms with Crippen LogP contribution in [0.5, 0.6) is 0 Å². The zero-order valence-corrected chi connectivity index (χ0v) is 13.1. The first-order valence-corrected chi connectivity index (χ1v) is 7.94. The number of benzene rings is 1. The van der Waals surface area contributed by atoms with E-state index in [1.165, 1.54) is 12.1 Å². The molecule has 2 atom stereocenters. The van der Waals surface area contributed by atoms with Crippen molar-refractivity contribution in [1.82, 2.24) is 4.90 Å². The molecule has 0 aromatic heterocycles. The van der Waals surface area contributed by atoms with Crippen LogP contribution in [0.25, 0.3) is 0 Å². The number of piperidine rings is 1. The summed E-state index contributed by atoms with van der Waals surface area (Å²) in [6, 6.07) is 6.71. The molecule has 122 valence electrons. The summed E-state index contributed by atoms with van der Waals surface area (Å²) in [5, 5.41) is 0. The molecule has 1 aromatic rings. The van der Waals surface area contributed by atoms with Crippen molar-refractivity contribution in [1.29, 1.82) is 0 Å². The summed E-state index contributed by atoms with van der Waals surface area (Å²) in [6.07, 6.45) is 2.21. The number of hydrogen-bond donors (Lipinski definition) is 1. The molecule has 0 amide bonds. The van der Waals surface area contributed by atoms with Gasteiger partial charge in [-0.25, -0.2) is 4.39 Å². The van der Waals surface area contributed by atoms with Crippen molar-refractivity contribution < 1.29 is 13.9 Å². The van der Waals surface area contributed by atoms with Crippen molar-refractivity contribution >= 4 is 5.97 Å². The lowest BCUT2D eigenvalue weighted by Gasteiger charge is -2.36. The third-order valence-electron chi connectivity index (χ3n) is 4.03. The molecule has 2 N–H and O–H groups in total. The number of halogens is 1. The Balaban J connectivity index is 1.84. The van der Waals surface area contributed by atoms with Crippen LogP contribution in [-0.4, -0.2) is 36.6 Å². The highest BCUT2D eigenvalue weighted by atomic mass is 19.1. The quantitative estimate of drug-likeness (QED) is 0.820. The van der Waals surface area contributed by atoms with Gasteiger partial charge in [-0.05, 0) is 43.4 Å². The summed E-state index contributed by atoms with van der Waals surface area (Å²) < 4.78 is 17.9. The topological polar surface area (TPSA) is 55.6 Å². The second kappa shape index (κ2) is 8.25. The van der Waals surface area contributed by atoms with E-state index in [1.807, 2.05) is 19.1 Å². The summed E-state index contributed by atoms with van der Waals surface area (Å²) in [6.45, 7) is 4.78. The van der Waals surface area contributed by atoms with E-state index in [0.29, 0.717) is 18.9 Å². The van der Waals surface area contributed by atoms with E-state index in [4.69, 9.17) is 10.5 Å². The number of esters is 1. The lowest BCUT2D eigenvalue weighted by atomic mass is 9.90. The van der Waals surface area contributed by atoms with Gasteiger partial charge in [0.2, 0.25) is 0 Å². The highest BCUT2D eigenvalue weighted by molar-refractivity contribution is 5.69. The van der Waals surface area contributed by atoms with Crippen LogP contribution in [0.1, 0.15) is 31.7 Å². The number of rotatable bonds is 6.